The number of rotatable bonds is 10. The Morgan fingerprint density at radius 2 is 1.71 bits per heavy atom. The van der Waals surface area contributed by atoms with Crippen LogP contribution >= 0.6 is 0 Å². The van der Waals surface area contributed by atoms with Gasteiger partial charge in [-0.05, 0) is 59.9 Å². The van der Waals surface area contributed by atoms with Crippen LogP contribution in [0.25, 0.3) is 0 Å². The van der Waals surface area contributed by atoms with Gasteiger partial charge in [-0.15, -0.1) is 0 Å². The fraction of sp³-hybridized carbons (Fsp3) is 0.429. The van der Waals surface area contributed by atoms with Crippen LogP contribution in [0.2, 0.25) is 0 Å². The zero-order valence-corrected chi connectivity index (χ0v) is 26.4. The summed E-state index contributed by atoms with van der Waals surface area (Å²) in [6.07, 6.45) is -1.19. The van der Waals surface area contributed by atoms with E-state index in [1.165, 1.54) is 25.0 Å². The molecule has 5 rings (SSSR count). The Labute approximate surface area is 264 Å². The van der Waals surface area contributed by atoms with Gasteiger partial charge in [-0.1, -0.05) is 43.3 Å². The molecule has 45 heavy (non-hydrogen) atoms. The summed E-state index contributed by atoms with van der Waals surface area (Å²) in [7, 11) is 3.30. The predicted octanol–water partition coefficient (Wildman–Crippen LogP) is 4.94. The fourth-order valence-corrected chi connectivity index (χ4v) is 5.99. The van der Waals surface area contributed by atoms with E-state index in [0.29, 0.717) is 12.2 Å². The molecule has 3 aromatic rings. The standard InChI is InChI=1S/C35H42N2O8/c1-21-32(19-37-14-13-26-16-30(41-4)31(42-5)17-28(26)18-37)44-35(45-33(21)25-11-9-24(20-38)10-12-25)27-7-6-8-29(15-27)36-34(40)22(2)43-23(3)39/h6-12,15-17,21-22,32-33,35,38H,13-14,18-20H2,1-5H3,(H,36,40)/t21-,22-,32+,33+,35?/m0/s1. The van der Waals surface area contributed by atoms with Crippen molar-refractivity contribution in [3.8, 4) is 11.5 Å². The predicted molar refractivity (Wildman–Crippen MR) is 168 cm³/mol. The molecule has 1 unspecified atom stereocenters. The summed E-state index contributed by atoms with van der Waals surface area (Å²) in [6.45, 7) is 7.23. The number of ether oxygens (including phenoxy) is 5. The Morgan fingerprint density at radius 3 is 2.38 bits per heavy atom. The van der Waals surface area contributed by atoms with Gasteiger partial charge in [0.15, 0.2) is 23.9 Å². The van der Waals surface area contributed by atoms with E-state index in [0.717, 1.165) is 47.7 Å². The zero-order chi connectivity index (χ0) is 32.1. The number of aliphatic hydroxyl groups excluding tert-OH is 1. The molecule has 1 saturated heterocycles. The normalized spacial score (nSPS) is 22.2. The van der Waals surface area contributed by atoms with Crippen molar-refractivity contribution in [2.24, 2.45) is 5.92 Å². The number of esters is 1. The molecule has 0 spiro atoms. The number of methoxy groups -OCH3 is 2. The third kappa shape index (κ3) is 7.65. The Kier molecular flexibility index (Phi) is 10.4. The number of amides is 1. The van der Waals surface area contributed by atoms with Gasteiger partial charge >= 0.3 is 5.97 Å². The number of anilines is 1. The van der Waals surface area contributed by atoms with Gasteiger partial charge in [-0.3, -0.25) is 14.5 Å². The average Bonchev–Trinajstić information content (AvgIpc) is 3.04. The summed E-state index contributed by atoms with van der Waals surface area (Å²) in [6, 6.07) is 19.3. The summed E-state index contributed by atoms with van der Waals surface area (Å²) >= 11 is 0. The lowest BCUT2D eigenvalue weighted by Crippen LogP contribution is -2.45. The van der Waals surface area contributed by atoms with Crippen LogP contribution < -0.4 is 14.8 Å². The number of fused-ring (bicyclic) bond motifs is 1. The summed E-state index contributed by atoms with van der Waals surface area (Å²) in [5, 5.41) is 12.4. The molecule has 2 aliphatic rings. The molecule has 2 aliphatic heterocycles. The minimum Gasteiger partial charge on any atom is -0.493 e. The lowest BCUT2D eigenvalue weighted by molar-refractivity contribution is -0.276. The maximum absolute atomic E-state index is 12.6. The lowest BCUT2D eigenvalue weighted by atomic mass is 9.89. The van der Waals surface area contributed by atoms with Gasteiger partial charge in [0.05, 0.1) is 33.0 Å². The first-order valence-electron chi connectivity index (χ1n) is 15.2. The van der Waals surface area contributed by atoms with Crippen LogP contribution in [0.5, 0.6) is 11.5 Å². The van der Waals surface area contributed by atoms with Gasteiger partial charge < -0.3 is 34.1 Å². The second kappa shape index (κ2) is 14.4. The van der Waals surface area contributed by atoms with Gasteiger partial charge in [-0.2, -0.15) is 0 Å². The number of carbonyl (C=O) groups excluding carboxylic acids is 2. The van der Waals surface area contributed by atoms with Gasteiger partial charge in [0.25, 0.3) is 5.91 Å². The van der Waals surface area contributed by atoms with Crippen LogP contribution in [-0.4, -0.2) is 61.4 Å². The van der Waals surface area contributed by atoms with Crippen LogP contribution in [0.3, 0.4) is 0 Å². The van der Waals surface area contributed by atoms with E-state index in [9.17, 15) is 14.7 Å². The third-order valence-corrected chi connectivity index (χ3v) is 8.50. The largest absolute Gasteiger partial charge is 0.493 e. The summed E-state index contributed by atoms with van der Waals surface area (Å²) in [5.41, 5.74) is 5.59. The van der Waals surface area contributed by atoms with Crippen LogP contribution in [0.1, 0.15) is 61.0 Å². The molecule has 0 aromatic heterocycles. The molecule has 0 radical (unpaired) electrons. The highest BCUT2D eigenvalue weighted by molar-refractivity contribution is 5.95. The van der Waals surface area contributed by atoms with Crippen molar-refractivity contribution >= 4 is 17.6 Å². The molecule has 10 heteroatoms. The number of benzene rings is 3. The van der Waals surface area contributed by atoms with Crippen molar-refractivity contribution in [2.75, 3.05) is 32.6 Å². The summed E-state index contributed by atoms with van der Waals surface area (Å²) in [4.78, 5) is 26.3. The number of carbonyl (C=O) groups is 2. The highest BCUT2D eigenvalue weighted by Gasteiger charge is 2.39. The number of hydrogen-bond acceptors (Lipinski definition) is 9. The smallest absolute Gasteiger partial charge is 0.303 e. The summed E-state index contributed by atoms with van der Waals surface area (Å²) in [5.74, 6) is 0.517. The first-order chi connectivity index (χ1) is 21.7. The molecule has 3 aromatic carbocycles. The molecule has 240 valence electrons. The fourth-order valence-electron chi connectivity index (χ4n) is 5.99. The molecule has 5 atom stereocenters. The zero-order valence-electron chi connectivity index (χ0n) is 26.4. The first kappa shape index (κ1) is 32.4. The van der Waals surface area contributed by atoms with E-state index in [-0.39, 0.29) is 24.7 Å². The van der Waals surface area contributed by atoms with Crippen LogP contribution in [0.4, 0.5) is 5.69 Å². The van der Waals surface area contributed by atoms with Crippen LogP contribution in [-0.2, 0) is 43.4 Å². The van der Waals surface area contributed by atoms with Gasteiger partial charge in [-0.25, -0.2) is 0 Å². The number of aliphatic hydroxyl groups is 1. The monoisotopic (exact) mass is 618 g/mol. The highest BCUT2D eigenvalue weighted by Crippen LogP contribution is 2.43. The minimum atomic E-state index is -0.930. The van der Waals surface area contributed by atoms with Gasteiger partial charge in [0.2, 0.25) is 0 Å². The van der Waals surface area contributed by atoms with E-state index in [1.807, 2.05) is 42.5 Å². The van der Waals surface area contributed by atoms with Gasteiger partial charge in [0.1, 0.15) is 0 Å². The van der Waals surface area contributed by atoms with E-state index >= 15 is 0 Å². The first-order valence-corrected chi connectivity index (χ1v) is 15.2. The second-order valence-electron chi connectivity index (χ2n) is 11.6. The van der Waals surface area contributed by atoms with Crippen molar-refractivity contribution in [1.82, 2.24) is 4.90 Å². The minimum absolute atomic E-state index is 0.0143. The van der Waals surface area contributed by atoms with E-state index in [1.54, 1.807) is 20.3 Å². The molecule has 1 amide bonds. The number of nitrogens with one attached hydrogen (secondary N) is 1. The quantitative estimate of drug-likeness (QED) is 0.305. The molecule has 0 bridgehead atoms. The molecule has 2 N–H and O–H groups in total. The average molecular weight is 619 g/mol. The third-order valence-electron chi connectivity index (χ3n) is 8.50. The van der Waals surface area contributed by atoms with Gasteiger partial charge in [0, 0.05) is 43.7 Å². The SMILES string of the molecule is COc1cc2c(cc1OC)CN(C[C@H]1OC(c3cccc(NC(=O)[C@H](C)OC(C)=O)c3)O[C@@H](c3ccc(CO)cc3)[C@H]1C)CC2. The van der Waals surface area contributed by atoms with Crippen molar-refractivity contribution in [2.45, 2.75) is 64.9 Å². The Hall–Kier alpha value is -3.96. The van der Waals surface area contributed by atoms with Crippen molar-refractivity contribution in [3.05, 3.63) is 88.5 Å². The van der Waals surface area contributed by atoms with E-state index in [4.69, 9.17) is 23.7 Å². The molecule has 10 nitrogen and oxygen atoms in total. The van der Waals surface area contributed by atoms with E-state index in [2.05, 4.69) is 29.3 Å². The van der Waals surface area contributed by atoms with E-state index < -0.39 is 24.3 Å². The maximum atomic E-state index is 12.6. The van der Waals surface area contributed by atoms with Crippen LogP contribution in [0, 0.1) is 5.92 Å². The molecule has 0 saturated carbocycles. The number of nitrogens with zero attached hydrogens (tertiary/aromatic N) is 1. The maximum Gasteiger partial charge on any atom is 0.303 e. The Morgan fingerprint density at radius 1 is 1.00 bits per heavy atom. The van der Waals surface area contributed by atoms with Crippen molar-refractivity contribution in [1.29, 1.82) is 0 Å². The Bertz CT molecular complexity index is 1490. The summed E-state index contributed by atoms with van der Waals surface area (Å²) < 4.78 is 29.4. The van der Waals surface area contributed by atoms with Crippen molar-refractivity contribution in [3.63, 3.8) is 0 Å². The molecular weight excluding hydrogens is 576 g/mol. The molecule has 2 heterocycles. The van der Waals surface area contributed by atoms with Crippen LogP contribution in [0.15, 0.2) is 60.7 Å². The van der Waals surface area contributed by atoms with Crippen molar-refractivity contribution < 1.29 is 38.4 Å². The molecule has 0 aliphatic carbocycles. The highest BCUT2D eigenvalue weighted by atomic mass is 16.7. The molecule has 1 fully saturated rings. The lowest BCUT2D eigenvalue weighted by Gasteiger charge is -2.43. The second-order valence-corrected chi connectivity index (χ2v) is 11.6. The number of hydrogen-bond donors (Lipinski definition) is 2. The molecular formula is C35H42N2O8. The Balaban J connectivity index is 1.38. The topological polar surface area (TPSA) is 116 Å².